The lowest BCUT2D eigenvalue weighted by Gasteiger charge is -2.60. The second-order valence-corrected chi connectivity index (χ2v) is 24.1. The van der Waals surface area contributed by atoms with E-state index in [4.69, 9.17) is 30.2 Å². The molecule has 9 atom stereocenters. The number of hydrogen-bond donors (Lipinski definition) is 0. The smallest absolute Gasteiger partial charge is 0.379 e. The zero-order valence-electron chi connectivity index (χ0n) is 44.5. The zero-order chi connectivity index (χ0) is 47.6. The number of unbranched alkanes of at least 4 members (excludes halogenated alkanes) is 9. The van der Waals surface area contributed by atoms with Crippen LogP contribution in [-0.4, -0.2) is 80.4 Å². The van der Waals surface area contributed by atoms with Gasteiger partial charge in [0.1, 0.15) is 0 Å². The van der Waals surface area contributed by atoms with Crippen molar-refractivity contribution in [3.05, 3.63) is 40.8 Å². The van der Waals surface area contributed by atoms with Crippen LogP contribution in [-0.2, 0) is 18.9 Å². The van der Waals surface area contributed by atoms with E-state index in [1.54, 1.807) is 5.57 Å². The fraction of sp³-hybridized carbons (Fsp3) is 0.852. The van der Waals surface area contributed by atoms with E-state index in [-0.39, 0.29) is 33.6 Å². The van der Waals surface area contributed by atoms with Crippen LogP contribution in [0.2, 0.25) is 0 Å². The van der Waals surface area contributed by atoms with Crippen LogP contribution in [0.5, 0.6) is 0 Å². The van der Waals surface area contributed by atoms with Gasteiger partial charge in [0.2, 0.25) is 0 Å². The van der Waals surface area contributed by atoms with Crippen LogP contribution >= 0.6 is 0 Å². The number of hydrogen-bond acceptors (Lipinski definition) is 5. The van der Waals surface area contributed by atoms with Crippen molar-refractivity contribution in [2.75, 3.05) is 52.7 Å². The molecule has 3 unspecified atom stereocenters. The van der Waals surface area contributed by atoms with Crippen molar-refractivity contribution >= 4 is 0 Å². The predicted molar refractivity (Wildman–Crippen MR) is 282 cm³/mol. The molecule has 4 fully saturated rings. The maximum absolute atomic E-state index is 6.72. The third kappa shape index (κ3) is 15.5. The highest BCUT2D eigenvalue weighted by Crippen LogP contribution is 2.66. The third-order valence-corrected chi connectivity index (χ3v) is 18.3. The van der Waals surface area contributed by atoms with E-state index in [9.17, 15) is 0 Å². The Hall–Kier alpha value is -1.93. The molecule has 0 bridgehead atoms. The minimum Gasteiger partial charge on any atom is -0.379 e. The summed E-state index contributed by atoms with van der Waals surface area (Å²) < 4.78 is 25.6. The minimum atomic E-state index is -0.134. The first kappa shape index (κ1) is 54.4. The fourth-order valence-electron chi connectivity index (χ4n) is 13.8. The number of allylic oxidation sites excluding steroid dienone is 5. The number of ether oxygens (including phenoxy) is 4. The molecule has 0 spiro atoms. The summed E-state index contributed by atoms with van der Waals surface area (Å²) in [7, 11) is 0. The molecule has 67 heavy (non-hydrogen) atoms. The van der Waals surface area contributed by atoms with E-state index < -0.39 is 0 Å². The maximum atomic E-state index is 6.72. The normalized spacial score (nSPS) is 32.7. The predicted octanol–water partition coefficient (Wildman–Crippen LogP) is 15.4. The Morgan fingerprint density at radius 1 is 0.821 bits per heavy atom. The average Bonchev–Trinajstić information content (AvgIpc) is 4.03. The quantitative estimate of drug-likeness (QED) is 0.0382. The summed E-state index contributed by atoms with van der Waals surface area (Å²) >= 11 is 0. The summed E-state index contributed by atoms with van der Waals surface area (Å²) in [5, 5.41) is 0. The third-order valence-electron chi connectivity index (χ3n) is 18.3. The van der Waals surface area contributed by atoms with Crippen molar-refractivity contribution in [2.45, 2.75) is 238 Å². The van der Waals surface area contributed by atoms with Crippen molar-refractivity contribution in [1.29, 1.82) is 0 Å². The lowest BCUT2D eigenvalue weighted by Crippen LogP contribution is -2.54. The van der Waals surface area contributed by atoms with E-state index in [2.05, 4.69) is 95.7 Å². The largest absolute Gasteiger partial charge is 0.409 e. The van der Waals surface area contributed by atoms with Crippen LogP contribution in [0, 0.1) is 58.8 Å². The van der Waals surface area contributed by atoms with Crippen LogP contribution in [0.3, 0.4) is 0 Å². The van der Waals surface area contributed by atoms with Crippen LogP contribution in [0.25, 0.3) is 4.85 Å². The van der Waals surface area contributed by atoms with Crippen LogP contribution in [0.1, 0.15) is 215 Å². The number of likely N-dealkylation sites (tertiary alicyclic amines) is 1. The van der Waals surface area contributed by atoms with Gasteiger partial charge >= 0.3 is 11.6 Å². The van der Waals surface area contributed by atoms with Gasteiger partial charge in [-0.05, 0) is 177 Å². The number of fused-ring (bicyclic) bond motifs is 5. The molecule has 0 aromatic carbocycles. The van der Waals surface area contributed by atoms with Gasteiger partial charge in [0.15, 0.2) is 0 Å². The molecule has 6 rings (SSSR count). The molecule has 6 heteroatoms. The molecule has 0 aromatic rings. The summed E-state index contributed by atoms with van der Waals surface area (Å²) in [6, 6.07) is 3.52. The van der Waals surface area contributed by atoms with Gasteiger partial charge in [0, 0.05) is 30.5 Å². The van der Waals surface area contributed by atoms with Crippen LogP contribution in [0.4, 0.5) is 0 Å². The molecule has 1 saturated heterocycles. The molecule has 6 aliphatic rings. The lowest BCUT2D eigenvalue weighted by atomic mass is 9.43. The summed E-state index contributed by atoms with van der Waals surface area (Å²) in [5.74, 6) is 6.92. The SMILES string of the molecule is C#C[C@]12CCC3C(CC=C4C[C@@](C)(OCCOCCO[C@@H](COCCCCCCCC/C=C\C/C=C\CCCCC)CN5CCCC5(C)C)CC[C@@]43C)C1CC[C@@H]([C@@]1(CCCC(C)C)C#[N+]1)C2. The maximum Gasteiger partial charge on any atom is 0.409 e. The monoisotopic (exact) mass is 926 g/mol. The summed E-state index contributed by atoms with van der Waals surface area (Å²) in [6.07, 6.45) is 50.8. The van der Waals surface area contributed by atoms with Crippen molar-refractivity contribution in [3.63, 3.8) is 0 Å². The second kappa shape index (κ2) is 26.5. The van der Waals surface area contributed by atoms with Gasteiger partial charge < -0.3 is 18.9 Å². The van der Waals surface area contributed by atoms with Gasteiger partial charge in [-0.15, -0.1) is 6.42 Å². The lowest BCUT2D eigenvalue weighted by molar-refractivity contribution is -0.108. The zero-order valence-corrected chi connectivity index (χ0v) is 44.5. The molecule has 3 saturated carbocycles. The molecular weight excluding hydrogens is 825 g/mol. The Balaban J connectivity index is 0.851. The van der Waals surface area contributed by atoms with Crippen molar-refractivity contribution in [2.24, 2.45) is 40.4 Å². The Kier molecular flexibility index (Phi) is 21.5. The first-order valence-electron chi connectivity index (χ1n) is 28.5. The van der Waals surface area contributed by atoms with Gasteiger partial charge in [-0.3, -0.25) is 4.90 Å². The molecule has 378 valence electrons. The first-order chi connectivity index (χ1) is 32.4. The molecule has 0 radical (unpaired) electrons. The van der Waals surface area contributed by atoms with Gasteiger partial charge in [0.25, 0.3) is 0 Å². The average molecular weight is 926 g/mol. The molecule has 4 aliphatic carbocycles. The van der Waals surface area contributed by atoms with Gasteiger partial charge in [-0.1, -0.05) is 115 Å². The topological polar surface area (TPSA) is 44.5 Å². The number of nitrogens with zero attached hydrogens (tertiary/aromatic N) is 2. The van der Waals surface area contributed by atoms with Crippen LogP contribution in [0.15, 0.2) is 36.0 Å². The highest BCUT2D eigenvalue weighted by molar-refractivity contribution is 5.39. The molecule has 6 nitrogen and oxygen atoms in total. The highest BCUT2D eigenvalue weighted by atomic mass is 16.6. The van der Waals surface area contributed by atoms with Gasteiger partial charge in [0.05, 0.1) is 50.7 Å². The molecule has 2 aliphatic heterocycles. The standard InChI is InChI=1S/C61H101N2O4/c1-9-11-12-13-14-15-16-17-18-19-20-21-22-23-24-25-40-65-48-53(47-63-39-27-34-57(63,5)6)66-43-41-64-42-44-67-58(7)37-38-59(8)51(45-58)29-31-54-55(59)33-36-60(10-2)46-52(30-32-56(54)60)61(49-62-61)35-26-28-50(3)4/h2,14-15,17-18,29,50,52-56H,9,11-13,16,19-28,30-48H2,1,3-8H3/q+1/b15-14-,18-17-/t52-,53-,54?,55?,56?,58+,59+,60-,61-/m1/s1. The Morgan fingerprint density at radius 3 is 2.28 bits per heavy atom. The summed E-state index contributed by atoms with van der Waals surface area (Å²) in [5.41, 5.74) is 2.05. The Morgan fingerprint density at radius 2 is 1.57 bits per heavy atom. The first-order valence-corrected chi connectivity index (χ1v) is 28.5. The Labute approximate surface area is 412 Å². The summed E-state index contributed by atoms with van der Waals surface area (Å²) in [4.78, 5) is 7.46. The number of rotatable bonds is 32. The van der Waals surface area contributed by atoms with Gasteiger partial charge in [-0.25, -0.2) is 0 Å². The van der Waals surface area contributed by atoms with E-state index in [1.807, 2.05) is 0 Å². The highest BCUT2D eigenvalue weighted by Gasteiger charge is 2.66. The molecular formula is C61H101N2O4+. The van der Waals surface area contributed by atoms with E-state index in [1.165, 1.54) is 135 Å². The Bertz CT molecular complexity index is 1670. The fourth-order valence-corrected chi connectivity index (χ4v) is 13.8. The number of terminal acetylenes is 1. The minimum absolute atomic E-state index is 0.00454. The van der Waals surface area contributed by atoms with Crippen molar-refractivity contribution in [3.8, 4) is 18.4 Å². The van der Waals surface area contributed by atoms with Crippen molar-refractivity contribution in [1.82, 2.24) is 4.90 Å². The van der Waals surface area contributed by atoms with E-state index >= 15 is 0 Å². The summed E-state index contributed by atoms with van der Waals surface area (Å²) in [6.45, 7) is 22.6. The molecule has 2 heterocycles. The van der Waals surface area contributed by atoms with Gasteiger partial charge in [-0.2, -0.15) is 0 Å². The molecule has 0 N–H and O–H groups in total. The van der Waals surface area contributed by atoms with Crippen molar-refractivity contribution < 1.29 is 18.9 Å². The van der Waals surface area contributed by atoms with E-state index in [0.717, 1.165) is 63.6 Å². The van der Waals surface area contributed by atoms with E-state index in [0.29, 0.717) is 50.8 Å². The molecule has 0 aromatic heterocycles. The molecule has 0 amide bonds. The second-order valence-electron chi connectivity index (χ2n) is 24.1. The van der Waals surface area contributed by atoms with Crippen LogP contribution < -0.4 is 0 Å².